The summed E-state index contributed by atoms with van der Waals surface area (Å²) in [5.41, 5.74) is 2.61. The molecule has 1 aliphatic heterocycles. The minimum Gasteiger partial charge on any atom is -0.493 e. The Morgan fingerprint density at radius 3 is 2.35 bits per heavy atom. The third kappa shape index (κ3) is 6.55. The average Bonchev–Trinajstić information content (AvgIpc) is 2.79. The van der Waals surface area contributed by atoms with Crippen LogP contribution in [0.5, 0.6) is 11.5 Å². The van der Waals surface area contributed by atoms with Gasteiger partial charge in [0.1, 0.15) is 0 Å². The Morgan fingerprint density at radius 1 is 1.15 bits per heavy atom. The van der Waals surface area contributed by atoms with Crippen LogP contribution in [-0.4, -0.2) is 49.5 Å². The maximum absolute atomic E-state index is 12.8. The fourth-order valence-corrected chi connectivity index (χ4v) is 3.79. The van der Waals surface area contributed by atoms with Gasteiger partial charge in [0.25, 0.3) is 5.91 Å². The van der Waals surface area contributed by atoms with Gasteiger partial charge in [-0.15, -0.1) is 0 Å². The van der Waals surface area contributed by atoms with Crippen molar-refractivity contribution in [3.8, 4) is 11.5 Å². The summed E-state index contributed by atoms with van der Waals surface area (Å²) in [5.74, 6) is -0.701. The molecule has 1 amide bonds. The average molecular weight is 471 g/mol. The van der Waals surface area contributed by atoms with E-state index in [4.69, 9.17) is 18.9 Å². The molecule has 1 fully saturated rings. The third-order valence-corrected chi connectivity index (χ3v) is 5.65. The number of nitrogens with zero attached hydrogens (tertiary/aromatic N) is 1. The van der Waals surface area contributed by atoms with Crippen LogP contribution in [0.25, 0.3) is 0 Å². The summed E-state index contributed by atoms with van der Waals surface area (Å²) < 4.78 is 22.2. The maximum Gasteiger partial charge on any atom is 0.308 e. The van der Waals surface area contributed by atoms with Gasteiger partial charge in [0.15, 0.2) is 17.7 Å². The van der Waals surface area contributed by atoms with Crippen molar-refractivity contribution in [1.82, 2.24) is 10.3 Å². The molecule has 1 N–H and O–H groups in total. The first kappa shape index (κ1) is 25.6. The van der Waals surface area contributed by atoms with Gasteiger partial charge >= 0.3 is 5.97 Å². The zero-order valence-corrected chi connectivity index (χ0v) is 20.7. The molecule has 1 aromatic heterocycles. The number of aromatic nitrogens is 1. The lowest BCUT2D eigenvalue weighted by Gasteiger charge is -2.33. The van der Waals surface area contributed by atoms with Crippen molar-refractivity contribution in [3.05, 3.63) is 53.3 Å². The van der Waals surface area contributed by atoms with Crippen molar-refractivity contribution >= 4 is 11.9 Å². The number of methoxy groups -OCH3 is 1. The topological polar surface area (TPSA) is 96.0 Å². The summed E-state index contributed by atoms with van der Waals surface area (Å²) in [5, 5.41) is 2.83. The van der Waals surface area contributed by atoms with Gasteiger partial charge in [0.05, 0.1) is 26.4 Å². The van der Waals surface area contributed by atoms with Crippen molar-refractivity contribution in [2.45, 2.75) is 58.8 Å². The van der Waals surface area contributed by atoms with Crippen molar-refractivity contribution in [2.75, 3.05) is 20.3 Å². The van der Waals surface area contributed by atoms with Crippen molar-refractivity contribution < 1.29 is 28.5 Å². The Labute approximate surface area is 201 Å². The van der Waals surface area contributed by atoms with Gasteiger partial charge in [-0.05, 0) is 23.0 Å². The van der Waals surface area contributed by atoms with Crippen molar-refractivity contribution in [3.63, 3.8) is 0 Å². The highest BCUT2D eigenvalue weighted by atomic mass is 16.7. The van der Waals surface area contributed by atoms with Crippen LogP contribution in [0.4, 0.5) is 0 Å². The summed E-state index contributed by atoms with van der Waals surface area (Å²) in [6.45, 7) is 10.5. The van der Waals surface area contributed by atoms with E-state index in [0.29, 0.717) is 13.2 Å². The fraction of sp³-hybridized carbons (Fsp3) is 0.500. The Balaban J connectivity index is 1.55. The van der Waals surface area contributed by atoms with Gasteiger partial charge in [-0.1, -0.05) is 52.0 Å². The molecule has 1 unspecified atom stereocenters. The van der Waals surface area contributed by atoms with E-state index in [-0.39, 0.29) is 40.9 Å². The number of carbonyl (C=O) groups excluding carboxylic acids is 2. The van der Waals surface area contributed by atoms with Crippen molar-refractivity contribution in [2.24, 2.45) is 5.92 Å². The van der Waals surface area contributed by atoms with E-state index in [0.717, 1.165) is 6.42 Å². The fourth-order valence-electron chi connectivity index (χ4n) is 3.79. The number of pyridine rings is 1. The molecule has 2 aromatic rings. The molecule has 184 valence electrons. The number of nitrogens with one attached hydrogen (secondary N) is 1. The number of ether oxygens (including phenoxy) is 4. The molecule has 0 aliphatic carbocycles. The van der Waals surface area contributed by atoms with Crippen LogP contribution >= 0.6 is 0 Å². The maximum atomic E-state index is 12.8. The highest BCUT2D eigenvalue weighted by Gasteiger charge is 2.29. The number of amides is 1. The Bertz CT molecular complexity index is 991. The quantitative estimate of drug-likeness (QED) is 0.617. The Kier molecular flexibility index (Phi) is 8.28. The molecule has 0 bridgehead atoms. The molecule has 0 saturated carbocycles. The van der Waals surface area contributed by atoms with Crippen LogP contribution < -0.4 is 14.8 Å². The Morgan fingerprint density at radius 2 is 1.79 bits per heavy atom. The number of esters is 1. The molecule has 0 radical (unpaired) electrons. The second kappa shape index (κ2) is 11.0. The summed E-state index contributed by atoms with van der Waals surface area (Å²) in [6, 6.07) is 9.82. The van der Waals surface area contributed by atoms with E-state index in [1.165, 1.54) is 37.4 Å². The molecule has 1 aromatic carbocycles. The van der Waals surface area contributed by atoms with Gasteiger partial charge in [0.2, 0.25) is 5.75 Å². The summed E-state index contributed by atoms with van der Waals surface area (Å²) >= 11 is 0. The standard InChI is InChI=1S/C26H34N2O6/c1-16(13-18-7-9-19(10-8-18)26(3,4)5)25-32-14-20(15-33-25)28-24(30)22-23(34-17(2)29)21(31-6)11-12-27-22/h7-12,16,20,25H,13-15H2,1-6H3,(H,28,30)/t16?,20-,25-. The monoisotopic (exact) mass is 470 g/mol. The highest BCUT2D eigenvalue weighted by molar-refractivity contribution is 5.96. The van der Waals surface area contributed by atoms with Gasteiger partial charge in [-0.3, -0.25) is 9.59 Å². The van der Waals surface area contributed by atoms with Crippen LogP contribution in [-0.2, 0) is 26.1 Å². The van der Waals surface area contributed by atoms with E-state index >= 15 is 0 Å². The molecule has 8 heteroatoms. The van der Waals surface area contributed by atoms with Crippen molar-refractivity contribution in [1.29, 1.82) is 0 Å². The smallest absolute Gasteiger partial charge is 0.308 e. The van der Waals surface area contributed by atoms with Gasteiger partial charge in [0, 0.05) is 25.1 Å². The van der Waals surface area contributed by atoms with Crippen LogP contribution in [0, 0.1) is 5.92 Å². The number of carbonyl (C=O) groups is 2. The van der Waals surface area contributed by atoms with Gasteiger partial charge < -0.3 is 24.3 Å². The zero-order valence-electron chi connectivity index (χ0n) is 20.7. The minimum absolute atomic E-state index is 0.0170. The van der Waals surface area contributed by atoms with E-state index < -0.39 is 11.9 Å². The number of benzene rings is 1. The Hall–Kier alpha value is -2.97. The molecule has 8 nitrogen and oxygen atoms in total. The molecular formula is C26H34N2O6. The molecule has 2 heterocycles. The van der Waals surface area contributed by atoms with Crippen LogP contribution in [0.2, 0.25) is 0 Å². The van der Waals surface area contributed by atoms with Gasteiger partial charge in [-0.2, -0.15) is 0 Å². The lowest BCUT2D eigenvalue weighted by Crippen LogP contribution is -2.48. The van der Waals surface area contributed by atoms with E-state index in [1.54, 1.807) is 0 Å². The normalized spacial score (nSPS) is 19.2. The largest absolute Gasteiger partial charge is 0.493 e. The zero-order chi connectivity index (χ0) is 24.9. The molecule has 0 spiro atoms. The molecule has 34 heavy (non-hydrogen) atoms. The first-order valence-electron chi connectivity index (χ1n) is 11.4. The number of rotatable bonds is 7. The minimum atomic E-state index is -0.574. The first-order chi connectivity index (χ1) is 16.1. The SMILES string of the molecule is COc1ccnc(C(=O)N[C@H]2CO[C@H](C(C)Cc3ccc(C(C)(C)C)cc3)OC2)c1OC(C)=O. The van der Waals surface area contributed by atoms with E-state index in [1.807, 2.05) is 0 Å². The summed E-state index contributed by atoms with van der Waals surface area (Å²) in [4.78, 5) is 28.3. The first-order valence-corrected chi connectivity index (χ1v) is 11.4. The molecule has 1 atom stereocenters. The second-order valence-electron chi connectivity index (χ2n) is 9.62. The lowest BCUT2D eigenvalue weighted by molar-refractivity contribution is -0.210. The lowest BCUT2D eigenvalue weighted by atomic mass is 9.86. The van der Waals surface area contributed by atoms with E-state index in [2.05, 4.69) is 62.3 Å². The van der Waals surface area contributed by atoms with Crippen LogP contribution in [0.1, 0.15) is 56.2 Å². The summed E-state index contributed by atoms with van der Waals surface area (Å²) in [7, 11) is 1.42. The number of hydrogen-bond acceptors (Lipinski definition) is 7. The summed E-state index contributed by atoms with van der Waals surface area (Å²) in [6.07, 6.45) is 1.88. The molecular weight excluding hydrogens is 436 g/mol. The number of hydrogen-bond donors (Lipinski definition) is 1. The third-order valence-electron chi connectivity index (χ3n) is 5.65. The highest BCUT2D eigenvalue weighted by Crippen LogP contribution is 2.30. The molecule has 1 saturated heterocycles. The van der Waals surface area contributed by atoms with Crippen LogP contribution in [0.3, 0.4) is 0 Å². The predicted octanol–water partition coefficient (Wildman–Crippen LogP) is 3.66. The predicted molar refractivity (Wildman–Crippen MR) is 127 cm³/mol. The molecule has 3 rings (SSSR count). The van der Waals surface area contributed by atoms with Gasteiger partial charge in [-0.25, -0.2) is 4.98 Å². The van der Waals surface area contributed by atoms with E-state index in [9.17, 15) is 9.59 Å². The molecule has 1 aliphatic rings. The second-order valence-corrected chi connectivity index (χ2v) is 9.62. The van der Waals surface area contributed by atoms with Crippen LogP contribution in [0.15, 0.2) is 36.5 Å².